The van der Waals surface area contributed by atoms with Crippen LogP contribution in [0.4, 0.5) is 16.2 Å². The summed E-state index contributed by atoms with van der Waals surface area (Å²) in [5.41, 5.74) is 2.43. The molecule has 2 heterocycles. The third-order valence-corrected chi connectivity index (χ3v) is 6.48. The summed E-state index contributed by atoms with van der Waals surface area (Å²) in [5, 5.41) is 15.7. The maximum Gasteiger partial charge on any atom is 0.321 e. The number of para-hydroxylation sites is 1. The first-order valence-corrected chi connectivity index (χ1v) is 11.2. The Hall–Kier alpha value is -2.97. The summed E-state index contributed by atoms with van der Waals surface area (Å²) in [4.78, 5) is 27.1. The summed E-state index contributed by atoms with van der Waals surface area (Å²) in [5.74, 6) is -0.266. The molecule has 2 aromatic carbocycles. The smallest absolute Gasteiger partial charge is 0.321 e. The summed E-state index contributed by atoms with van der Waals surface area (Å²) < 4.78 is 0. The van der Waals surface area contributed by atoms with Crippen molar-refractivity contribution in [3.05, 3.63) is 69.1 Å². The lowest BCUT2D eigenvalue weighted by Crippen LogP contribution is -2.41. The lowest BCUT2D eigenvalue weighted by Gasteiger charge is -2.31. The molecule has 1 saturated heterocycles. The van der Waals surface area contributed by atoms with Gasteiger partial charge in [0.25, 0.3) is 5.91 Å². The second kappa shape index (κ2) is 9.45. The Labute approximate surface area is 189 Å². The number of likely N-dealkylation sites (tertiary alicyclic amines) is 1. The number of aryl methyl sites for hydroxylation is 1. The van der Waals surface area contributed by atoms with Gasteiger partial charge in [0, 0.05) is 35.4 Å². The summed E-state index contributed by atoms with van der Waals surface area (Å²) in [6.45, 7) is 3.20. The van der Waals surface area contributed by atoms with E-state index in [4.69, 9.17) is 11.6 Å². The van der Waals surface area contributed by atoms with E-state index in [1.54, 1.807) is 29.2 Å². The van der Waals surface area contributed by atoms with Crippen LogP contribution in [0.25, 0.3) is 0 Å². The summed E-state index contributed by atoms with van der Waals surface area (Å²) in [7, 11) is 0. The zero-order valence-electron chi connectivity index (χ0n) is 17.0. The van der Waals surface area contributed by atoms with E-state index >= 15 is 0 Å². The van der Waals surface area contributed by atoms with Crippen molar-refractivity contribution < 1.29 is 9.59 Å². The number of halogens is 1. The SMILES string of the molecule is Cc1ccccc1NC(=O)N1CCC[C@@H](c2nnc(C(=O)Nc3cccc(Cl)c3)s2)C1. The van der Waals surface area contributed by atoms with E-state index in [0.29, 0.717) is 23.8 Å². The molecule has 9 heteroatoms. The van der Waals surface area contributed by atoms with Gasteiger partial charge in [-0.3, -0.25) is 4.79 Å². The standard InChI is InChI=1S/C22H22ClN5O2S/c1-14-6-2-3-10-18(14)25-22(30)28-11-5-7-15(13-28)20-26-27-21(31-20)19(29)24-17-9-4-8-16(23)12-17/h2-4,6,8-10,12,15H,5,7,11,13H2,1H3,(H,24,29)(H,25,30)/t15-/m1/s1. The minimum Gasteiger partial charge on any atom is -0.324 e. The van der Waals surface area contributed by atoms with Crippen molar-refractivity contribution in [1.82, 2.24) is 15.1 Å². The van der Waals surface area contributed by atoms with Crippen molar-refractivity contribution in [2.24, 2.45) is 0 Å². The van der Waals surface area contributed by atoms with Crippen LogP contribution in [0.3, 0.4) is 0 Å². The third kappa shape index (κ3) is 5.21. The van der Waals surface area contributed by atoms with Crippen LogP contribution in [0.5, 0.6) is 0 Å². The van der Waals surface area contributed by atoms with Crippen molar-refractivity contribution in [2.45, 2.75) is 25.7 Å². The molecule has 1 aromatic heterocycles. The fourth-order valence-corrected chi connectivity index (χ4v) is 4.57. The number of piperidine rings is 1. The van der Waals surface area contributed by atoms with Crippen LogP contribution >= 0.6 is 22.9 Å². The van der Waals surface area contributed by atoms with E-state index in [9.17, 15) is 9.59 Å². The molecule has 31 heavy (non-hydrogen) atoms. The maximum absolute atomic E-state index is 12.7. The number of rotatable bonds is 4. The first-order chi connectivity index (χ1) is 15.0. The molecule has 3 aromatic rings. The van der Waals surface area contributed by atoms with Crippen LogP contribution < -0.4 is 10.6 Å². The highest BCUT2D eigenvalue weighted by Gasteiger charge is 2.28. The number of nitrogens with zero attached hydrogens (tertiary/aromatic N) is 3. The second-order valence-electron chi connectivity index (χ2n) is 7.44. The molecule has 7 nitrogen and oxygen atoms in total. The van der Waals surface area contributed by atoms with Crippen molar-refractivity contribution >= 4 is 46.3 Å². The molecule has 0 unspecified atom stereocenters. The Morgan fingerprint density at radius 1 is 1.13 bits per heavy atom. The van der Waals surface area contributed by atoms with Gasteiger partial charge in [-0.15, -0.1) is 10.2 Å². The van der Waals surface area contributed by atoms with E-state index in [2.05, 4.69) is 20.8 Å². The first-order valence-electron chi connectivity index (χ1n) is 10.0. The molecule has 4 rings (SSSR count). The molecule has 0 saturated carbocycles. The number of carbonyl (C=O) groups excluding carboxylic acids is 2. The molecule has 2 N–H and O–H groups in total. The van der Waals surface area contributed by atoms with Gasteiger partial charge >= 0.3 is 6.03 Å². The van der Waals surface area contributed by atoms with Crippen molar-refractivity contribution in [1.29, 1.82) is 0 Å². The fraction of sp³-hybridized carbons (Fsp3) is 0.273. The van der Waals surface area contributed by atoms with Crippen molar-refractivity contribution in [3.8, 4) is 0 Å². The van der Waals surface area contributed by atoms with Gasteiger partial charge in [0.15, 0.2) is 0 Å². The van der Waals surface area contributed by atoms with E-state index < -0.39 is 0 Å². The number of urea groups is 1. The quantitative estimate of drug-likeness (QED) is 0.568. The molecule has 0 bridgehead atoms. The topological polar surface area (TPSA) is 87.2 Å². The molecule has 1 aliphatic rings. The summed E-state index contributed by atoms with van der Waals surface area (Å²) >= 11 is 7.23. The number of benzene rings is 2. The Balaban J connectivity index is 1.39. The fourth-order valence-electron chi connectivity index (χ4n) is 3.51. The molecule has 0 aliphatic carbocycles. The summed E-state index contributed by atoms with van der Waals surface area (Å²) in [6, 6.07) is 14.5. The Kier molecular flexibility index (Phi) is 6.48. The zero-order valence-corrected chi connectivity index (χ0v) is 18.5. The predicted octanol–water partition coefficient (Wildman–Crippen LogP) is 5.16. The minimum atomic E-state index is -0.323. The monoisotopic (exact) mass is 455 g/mol. The number of anilines is 2. The van der Waals surface area contributed by atoms with Gasteiger partial charge in [0.05, 0.1) is 0 Å². The molecule has 1 fully saturated rings. The Morgan fingerprint density at radius 2 is 1.97 bits per heavy atom. The molecular formula is C22H22ClN5O2S. The van der Waals surface area contributed by atoms with Crippen LogP contribution in [-0.4, -0.2) is 40.1 Å². The molecule has 0 radical (unpaired) electrons. The van der Waals surface area contributed by atoms with Crippen LogP contribution in [-0.2, 0) is 0 Å². The summed E-state index contributed by atoms with van der Waals surface area (Å²) in [6.07, 6.45) is 1.77. The number of hydrogen-bond acceptors (Lipinski definition) is 5. The highest BCUT2D eigenvalue weighted by molar-refractivity contribution is 7.13. The number of hydrogen-bond donors (Lipinski definition) is 2. The minimum absolute atomic E-state index is 0.0570. The highest BCUT2D eigenvalue weighted by Crippen LogP contribution is 2.30. The largest absolute Gasteiger partial charge is 0.324 e. The van der Waals surface area contributed by atoms with E-state index in [1.165, 1.54) is 11.3 Å². The van der Waals surface area contributed by atoms with E-state index in [-0.39, 0.29) is 22.9 Å². The lowest BCUT2D eigenvalue weighted by molar-refractivity contribution is 0.102. The van der Waals surface area contributed by atoms with Gasteiger partial charge in [-0.1, -0.05) is 47.2 Å². The van der Waals surface area contributed by atoms with Gasteiger partial charge in [0.2, 0.25) is 5.01 Å². The number of nitrogens with one attached hydrogen (secondary N) is 2. The predicted molar refractivity (Wildman–Crippen MR) is 123 cm³/mol. The maximum atomic E-state index is 12.7. The van der Waals surface area contributed by atoms with Gasteiger partial charge in [-0.2, -0.15) is 0 Å². The molecule has 1 atom stereocenters. The van der Waals surface area contributed by atoms with Crippen LogP contribution in [0.1, 0.15) is 39.1 Å². The third-order valence-electron chi connectivity index (χ3n) is 5.16. The van der Waals surface area contributed by atoms with Gasteiger partial charge < -0.3 is 15.5 Å². The number of aromatic nitrogens is 2. The van der Waals surface area contributed by atoms with Gasteiger partial charge in [-0.05, 0) is 49.6 Å². The lowest BCUT2D eigenvalue weighted by atomic mass is 9.99. The normalized spacial score (nSPS) is 16.1. The van der Waals surface area contributed by atoms with Crippen LogP contribution in [0.15, 0.2) is 48.5 Å². The average Bonchev–Trinajstić information content (AvgIpc) is 3.26. The zero-order chi connectivity index (χ0) is 21.8. The van der Waals surface area contributed by atoms with Gasteiger partial charge in [-0.25, -0.2) is 4.79 Å². The highest BCUT2D eigenvalue weighted by atomic mass is 35.5. The molecule has 160 valence electrons. The van der Waals surface area contributed by atoms with Crippen molar-refractivity contribution in [3.63, 3.8) is 0 Å². The molecule has 0 spiro atoms. The molecular weight excluding hydrogens is 434 g/mol. The van der Waals surface area contributed by atoms with E-state index in [1.807, 2.05) is 31.2 Å². The molecule has 1 aliphatic heterocycles. The average molecular weight is 456 g/mol. The Bertz CT molecular complexity index is 1100. The number of carbonyl (C=O) groups is 2. The van der Waals surface area contributed by atoms with Crippen LogP contribution in [0.2, 0.25) is 5.02 Å². The van der Waals surface area contributed by atoms with Gasteiger partial charge in [0.1, 0.15) is 5.01 Å². The number of amides is 3. The Morgan fingerprint density at radius 3 is 2.77 bits per heavy atom. The second-order valence-corrected chi connectivity index (χ2v) is 8.89. The van der Waals surface area contributed by atoms with Crippen molar-refractivity contribution in [2.75, 3.05) is 23.7 Å². The van der Waals surface area contributed by atoms with Crippen LogP contribution in [0, 0.1) is 6.92 Å². The molecule has 3 amide bonds. The first kappa shape index (κ1) is 21.3. The van der Waals surface area contributed by atoms with E-state index in [0.717, 1.165) is 29.1 Å².